The van der Waals surface area contributed by atoms with Crippen molar-refractivity contribution in [2.45, 2.75) is 26.4 Å². The van der Waals surface area contributed by atoms with Crippen molar-refractivity contribution < 1.29 is 8.78 Å². The molecule has 0 N–H and O–H groups in total. The summed E-state index contributed by atoms with van der Waals surface area (Å²) in [6, 6.07) is 9.13. The minimum atomic E-state index is -2.52. The van der Waals surface area contributed by atoms with Gasteiger partial charge in [-0.2, -0.15) is 10.0 Å². The van der Waals surface area contributed by atoms with E-state index in [0.29, 0.717) is 28.3 Å². The summed E-state index contributed by atoms with van der Waals surface area (Å²) in [4.78, 5) is 19.4. The Bertz CT molecular complexity index is 1150. The van der Waals surface area contributed by atoms with E-state index in [4.69, 9.17) is 0 Å². The van der Waals surface area contributed by atoms with Crippen LogP contribution in [0.25, 0.3) is 28.2 Å². The molecule has 4 rings (SSSR count). The molecule has 0 unspecified atom stereocenters. The summed E-state index contributed by atoms with van der Waals surface area (Å²) >= 11 is 0. The third-order valence-corrected chi connectivity index (χ3v) is 4.34. The zero-order valence-electron chi connectivity index (χ0n) is 15.0. The second-order valence-electron chi connectivity index (χ2n) is 6.35. The Morgan fingerprint density at radius 3 is 2.79 bits per heavy atom. The van der Waals surface area contributed by atoms with E-state index in [1.54, 1.807) is 35.1 Å². The number of nitroso groups, excluding NO2 is 1. The molecular formula is C19H16F2N6O. The first-order chi connectivity index (χ1) is 13.5. The molecule has 0 saturated carbocycles. The molecule has 0 radical (unpaired) electrons. The molecule has 4 aromatic rings. The van der Waals surface area contributed by atoms with Crippen molar-refractivity contribution in [2.75, 3.05) is 0 Å². The van der Waals surface area contributed by atoms with E-state index in [1.807, 2.05) is 25.1 Å². The monoisotopic (exact) mass is 382 g/mol. The van der Waals surface area contributed by atoms with Gasteiger partial charge in [0.25, 0.3) is 6.43 Å². The summed E-state index contributed by atoms with van der Waals surface area (Å²) in [5.41, 5.74) is 4.63. The van der Waals surface area contributed by atoms with Gasteiger partial charge in [0.1, 0.15) is 24.4 Å². The highest BCUT2D eigenvalue weighted by atomic mass is 19.3. The SMILES string of the molecule is Cc1cccc(-c2nn(CC(F)F)cc2-c2ccc3ncc(CN=O)n3c2)n1. The first kappa shape index (κ1) is 17.9. The average Bonchev–Trinajstić information content (AvgIpc) is 3.26. The molecular weight excluding hydrogens is 366 g/mol. The van der Waals surface area contributed by atoms with Crippen LogP contribution in [0.1, 0.15) is 11.4 Å². The van der Waals surface area contributed by atoms with Gasteiger partial charge in [0.2, 0.25) is 0 Å². The molecule has 28 heavy (non-hydrogen) atoms. The zero-order chi connectivity index (χ0) is 19.7. The van der Waals surface area contributed by atoms with Crippen LogP contribution in [-0.4, -0.2) is 30.6 Å². The lowest BCUT2D eigenvalue weighted by Gasteiger charge is -2.05. The van der Waals surface area contributed by atoms with Gasteiger partial charge in [-0.05, 0) is 31.2 Å². The van der Waals surface area contributed by atoms with Gasteiger partial charge in [0.15, 0.2) is 0 Å². The Morgan fingerprint density at radius 1 is 1.18 bits per heavy atom. The Kier molecular flexibility index (Phi) is 4.64. The van der Waals surface area contributed by atoms with Crippen LogP contribution < -0.4 is 0 Å². The van der Waals surface area contributed by atoms with E-state index < -0.39 is 13.0 Å². The first-order valence-electron chi connectivity index (χ1n) is 8.60. The number of imidazole rings is 1. The summed E-state index contributed by atoms with van der Waals surface area (Å²) in [5, 5.41) is 7.27. The van der Waals surface area contributed by atoms with E-state index in [-0.39, 0.29) is 6.54 Å². The minimum Gasteiger partial charge on any atom is -0.301 e. The van der Waals surface area contributed by atoms with Gasteiger partial charge in [0, 0.05) is 29.2 Å². The van der Waals surface area contributed by atoms with Crippen molar-refractivity contribution in [1.82, 2.24) is 24.1 Å². The number of pyridine rings is 2. The third-order valence-electron chi connectivity index (χ3n) is 4.34. The summed E-state index contributed by atoms with van der Waals surface area (Å²) in [5.74, 6) is 0. The van der Waals surface area contributed by atoms with Gasteiger partial charge in [-0.1, -0.05) is 11.2 Å². The van der Waals surface area contributed by atoms with Gasteiger partial charge in [-0.15, -0.1) is 0 Å². The van der Waals surface area contributed by atoms with Crippen LogP contribution in [0.3, 0.4) is 0 Å². The number of rotatable bonds is 6. The molecule has 0 spiro atoms. The van der Waals surface area contributed by atoms with Crippen LogP contribution in [0.2, 0.25) is 0 Å². The number of nitrogens with zero attached hydrogens (tertiary/aromatic N) is 6. The maximum Gasteiger partial charge on any atom is 0.257 e. The lowest BCUT2D eigenvalue weighted by atomic mass is 10.1. The van der Waals surface area contributed by atoms with Crippen LogP contribution in [0.5, 0.6) is 0 Å². The summed E-state index contributed by atoms with van der Waals surface area (Å²) in [7, 11) is 0. The van der Waals surface area contributed by atoms with Crippen molar-refractivity contribution in [3.8, 4) is 22.5 Å². The van der Waals surface area contributed by atoms with Gasteiger partial charge < -0.3 is 4.40 Å². The zero-order valence-corrected chi connectivity index (χ0v) is 15.0. The highest BCUT2D eigenvalue weighted by Crippen LogP contribution is 2.31. The Labute approximate surface area is 158 Å². The van der Waals surface area contributed by atoms with Crippen LogP contribution in [-0.2, 0) is 13.1 Å². The number of hydrogen-bond donors (Lipinski definition) is 0. The van der Waals surface area contributed by atoms with Gasteiger partial charge in [0.05, 0.1) is 17.6 Å². The highest BCUT2D eigenvalue weighted by molar-refractivity contribution is 5.79. The Hall–Kier alpha value is -3.49. The number of aryl methyl sites for hydroxylation is 1. The molecule has 0 bridgehead atoms. The van der Waals surface area contributed by atoms with E-state index in [2.05, 4.69) is 20.2 Å². The Morgan fingerprint density at radius 2 is 2.04 bits per heavy atom. The van der Waals surface area contributed by atoms with Gasteiger partial charge in [-0.25, -0.2) is 13.8 Å². The summed E-state index contributed by atoms with van der Waals surface area (Å²) in [6.07, 6.45) is 2.45. The third kappa shape index (κ3) is 3.38. The molecule has 0 saturated heterocycles. The maximum atomic E-state index is 12.9. The molecule has 0 aromatic carbocycles. The molecule has 0 fully saturated rings. The van der Waals surface area contributed by atoms with Gasteiger partial charge in [-0.3, -0.25) is 9.67 Å². The Balaban J connectivity index is 1.88. The predicted octanol–water partition coefficient (Wildman–Crippen LogP) is 4.10. The lowest BCUT2D eigenvalue weighted by molar-refractivity contribution is 0.122. The van der Waals surface area contributed by atoms with E-state index in [9.17, 15) is 13.7 Å². The quantitative estimate of drug-likeness (QED) is 0.471. The van der Waals surface area contributed by atoms with E-state index in [0.717, 1.165) is 11.3 Å². The largest absolute Gasteiger partial charge is 0.301 e. The topological polar surface area (TPSA) is 77.4 Å². The van der Waals surface area contributed by atoms with Crippen molar-refractivity contribution in [3.05, 3.63) is 65.2 Å². The molecule has 9 heteroatoms. The van der Waals surface area contributed by atoms with Crippen LogP contribution in [0.15, 0.2) is 54.1 Å². The summed E-state index contributed by atoms with van der Waals surface area (Å²) < 4.78 is 28.8. The molecule has 0 aliphatic heterocycles. The first-order valence-corrected chi connectivity index (χ1v) is 8.60. The average molecular weight is 382 g/mol. The van der Waals surface area contributed by atoms with Crippen molar-refractivity contribution in [2.24, 2.45) is 5.18 Å². The number of aromatic nitrogens is 5. The smallest absolute Gasteiger partial charge is 0.257 e. The lowest BCUT2D eigenvalue weighted by Crippen LogP contribution is -2.06. The maximum absolute atomic E-state index is 12.9. The molecule has 0 atom stereocenters. The number of fused-ring (bicyclic) bond motifs is 1. The van der Waals surface area contributed by atoms with E-state index in [1.165, 1.54) is 4.68 Å². The fourth-order valence-corrected chi connectivity index (χ4v) is 3.11. The standard InChI is InChI=1S/C19H16F2N6O/c1-12-3-2-4-16(24-12)19-15(10-26(25-19)11-17(20)21)13-5-6-18-22-7-14(8-23-28)27(18)9-13/h2-7,9-10,17H,8,11H2,1H3. The molecule has 7 nitrogen and oxygen atoms in total. The molecule has 4 aromatic heterocycles. The molecule has 0 amide bonds. The number of halogens is 2. The molecule has 4 heterocycles. The fourth-order valence-electron chi connectivity index (χ4n) is 3.11. The molecule has 0 aliphatic rings. The summed E-state index contributed by atoms with van der Waals surface area (Å²) in [6.45, 7) is 1.34. The second-order valence-corrected chi connectivity index (χ2v) is 6.35. The highest BCUT2D eigenvalue weighted by Gasteiger charge is 2.17. The number of hydrogen-bond acceptors (Lipinski definition) is 5. The van der Waals surface area contributed by atoms with Crippen LogP contribution in [0, 0.1) is 11.8 Å². The minimum absolute atomic E-state index is 0.0123. The molecule has 0 aliphatic carbocycles. The normalized spacial score (nSPS) is 11.4. The van der Waals surface area contributed by atoms with Gasteiger partial charge >= 0.3 is 0 Å². The molecule has 142 valence electrons. The van der Waals surface area contributed by atoms with Crippen molar-refractivity contribution in [3.63, 3.8) is 0 Å². The second kappa shape index (κ2) is 7.26. The fraction of sp³-hybridized carbons (Fsp3) is 0.211. The van der Waals surface area contributed by atoms with E-state index >= 15 is 0 Å². The number of alkyl halides is 2. The van der Waals surface area contributed by atoms with Crippen LogP contribution in [0.4, 0.5) is 8.78 Å². The van der Waals surface area contributed by atoms with Crippen molar-refractivity contribution in [1.29, 1.82) is 0 Å². The van der Waals surface area contributed by atoms with Crippen molar-refractivity contribution >= 4 is 5.65 Å². The predicted molar refractivity (Wildman–Crippen MR) is 99.9 cm³/mol. The van der Waals surface area contributed by atoms with Crippen LogP contribution >= 0.6 is 0 Å².